The molecular formula is C13H23NO4. The molecular weight excluding hydrogens is 234 g/mol. The lowest BCUT2D eigenvalue weighted by atomic mass is 10.00. The number of ether oxygens (including phenoxy) is 2. The standard InChI is InChI=1S/C13H23NO4/c1-9(11(15)18-13(2,3)4)17-12(16)10-6-5-7-14-8-10/h9-10,14H,5-8H2,1-4H3/t9-,10?/m0/s1. The molecule has 0 spiro atoms. The smallest absolute Gasteiger partial charge is 0.347 e. The number of nitrogens with one attached hydrogen (secondary N) is 1. The van der Waals surface area contributed by atoms with E-state index in [0.717, 1.165) is 19.4 Å². The largest absolute Gasteiger partial charge is 0.457 e. The van der Waals surface area contributed by atoms with Gasteiger partial charge in [-0.05, 0) is 47.1 Å². The van der Waals surface area contributed by atoms with Gasteiger partial charge in [-0.15, -0.1) is 0 Å². The van der Waals surface area contributed by atoms with Gasteiger partial charge in [-0.2, -0.15) is 0 Å². The van der Waals surface area contributed by atoms with Crippen LogP contribution in [-0.2, 0) is 19.1 Å². The van der Waals surface area contributed by atoms with Crippen molar-refractivity contribution in [2.45, 2.75) is 52.2 Å². The Kier molecular flexibility index (Phi) is 5.14. The zero-order valence-electron chi connectivity index (χ0n) is 11.6. The van der Waals surface area contributed by atoms with E-state index < -0.39 is 17.7 Å². The molecule has 0 aliphatic carbocycles. The van der Waals surface area contributed by atoms with Gasteiger partial charge in [0, 0.05) is 6.54 Å². The maximum absolute atomic E-state index is 11.8. The summed E-state index contributed by atoms with van der Waals surface area (Å²) < 4.78 is 10.3. The summed E-state index contributed by atoms with van der Waals surface area (Å²) in [5.74, 6) is -0.969. The minimum atomic E-state index is -0.848. The highest BCUT2D eigenvalue weighted by atomic mass is 16.6. The van der Waals surface area contributed by atoms with Gasteiger partial charge in [-0.3, -0.25) is 4.79 Å². The Bertz CT molecular complexity index is 303. The third kappa shape index (κ3) is 5.04. The van der Waals surface area contributed by atoms with E-state index in [1.807, 2.05) is 0 Å². The summed E-state index contributed by atoms with van der Waals surface area (Å²) in [7, 11) is 0. The van der Waals surface area contributed by atoms with E-state index in [0.29, 0.717) is 6.54 Å². The number of carbonyl (C=O) groups excluding carboxylic acids is 2. The monoisotopic (exact) mass is 257 g/mol. The predicted molar refractivity (Wildman–Crippen MR) is 67.0 cm³/mol. The van der Waals surface area contributed by atoms with Crippen molar-refractivity contribution >= 4 is 11.9 Å². The number of carbonyl (C=O) groups is 2. The minimum Gasteiger partial charge on any atom is -0.457 e. The second kappa shape index (κ2) is 6.18. The van der Waals surface area contributed by atoms with Gasteiger partial charge in [-0.25, -0.2) is 4.79 Å². The molecule has 1 fully saturated rings. The molecule has 1 rings (SSSR count). The van der Waals surface area contributed by atoms with Crippen LogP contribution in [0.25, 0.3) is 0 Å². The maximum atomic E-state index is 11.8. The minimum absolute atomic E-state index is 0.149. The van der Waals surface area contributed by atoms with Gasteiger partial charge in [-0.1, -0.05) is 0 Å². The van der Waals surface area contributed by atoms with Crippen molar-refractivity contribution < 1.29 is 19.1 Å². The first-order valence-corrected chi connectivity index (χ1v) is 6.43. The fourth-order valence-electron chi connectivity index (χ4n) is 1.76. The first-order valence-electron chi connectivity index (χ1n) is 6.43. The molecule has 5 nitrogen and oxygen atoms in total. The zero-order valence-corrected chi connectivity index (χ0v) is 11.6. The lowest BCUT2D eigenvalue weighted by Crippen LogP contribution is -2.39. The van der Waals surface area contributed by atoms with Crippen molar-refractivity contribution in [3.05, 3.63) is 0 Å². The summed E-state index contributed by atoms with van der Waals surface area (Å²) in [6, 6.07) is 0. The van der Waals surface area contributed by atoms with Crippen molar-refractivity contribution in [3.8, 4) is 0 Å². The Labute approximate surface area is 108 Å². The van der Waals surface area contributed by atoms with Crippen molar-refractivity contribution in [1.29, 1.82) is 0 Å². The first kappa shape index (κ1) is 15.0. The van der Waals surface area contributed by atoms with Crippen LogP contribution in [0.2, 0.25) is 0 Å². The molecule has 1 aliphatic heterocycles. The Morgan fingerprint density at radius 1 is 1.33 bits per heavy atom. The van der Waals surface area contributed by atoms with Crippen LogP contribution in [0, 0.1) is 5.92 Å². The van der Waals surface area contributed by atoms with E-state index >= 15 is 0 Å². The Morgan fingerprint density at radius 3 is 2.50 bits per heavy atom. The normalized spacial score (nSPS) is 22.1. The van der Waals surface area contributed by atoms with E-state index in [4.69, 9.17) is 9.47 Å². The van der Waals surface area contributed by atoms with Crippen molar-refractivity contribution in [2.24, 2.45) is 5.92 Å². The molecule has 1 N–H and O–H groups in total. The van der Waals surface area contributed by atoms with Crippen LogP contribution in [0.5, 0.6) is 0 Å². The number of esters is 2. The lowest BCUT2D eigenvalue weighted by molar-refractivity contribution is -0.176. The molecule has 2 atom stereocenters. The number of hydrogen-bond donors (Lipinski definition) is 1. The Balaban J connectivity index is 2.41. The van der Waals surface area contributed by atoms with Gasteiger partial charge in [0.2, 0.25) is 0 Å². The molecule has 0 bridgehead atoms. The molecule has 104 valence electrons. The number of rotatable bonds is 3. The van der Waals surface area contributed by atoms with Crippen LogP contribution in [0.1, 0.15) is 40.5 Å². The summed E-state index contributed by atoms with van der Waals surface area (Å²) in [5, 5.41) is 3.14. The molecule has 1 heterocycles. The van der Waals surface area contributed by atoms with Crippen molar-refractivity contribution in [2.75, 3.05) is 13.1 Å². The molecule has 18 heavy (non-hydrogen) atoms. The van der Waals surface area contributed by atoms with E-state index in [9.17, 15) is 9.59 Å². The molecule has 0 radical (unpaired) electrons. The molecule has 1 aliphatic rings. The maximum Gasteiger partial charge on any atom is 0.347 e. The zero-order chi connectivity index (χ0) is 13.8. The molecule has 1 saturated heterocycles. The molecule has 0 saturated carbocycles. The average molecular weight is 257 g/mol. The van der Waals surface area contributed by atoms with Gasteiger partial charge in [0.1, 0.15) is 5.60 Å². The molecule has 0 amide bonds. The van der Waals surface area contributed by atoms with E-state index in [-0.39, 0.29) is 11.9 Å². The van der Waals surface area contributed by atoms with E-state index in [2.05, 4.69) is 5.32 Å². The quantitative estimate of drug-likeness (QED) is 0.771. The third-order valence-corrected chi connectivity index (χ3v) is 2.66. The molecule has 5 heteroatoms. The van der Waals surface area contributed by atoms with Gasteiger partial charge < -0.3 is 14.8 Å². The van der Waals surface area contributed by atoms with Crippen LogP contribution in [0.4, 0.5) is 0 Å². The number of hydrogen-bond acceptors (Lipinski definition) is 5. The van der Waals surface area contributed by atoms with Crippen molar-refractivity contribution in [3.63, 3.8) is 0 Å². The highest BCUT2D eigenvalue weighted by molar-refractivity contribution is 5.80. The fraction of sp³-hybridized carbons (Fsp3) is 0.846. The fourth-order valence-corrected chi connectivity index (χ4v) is 1.76. The highest BCUT2D eigenvalue weighted by Crippen LogP contribution is 2.14. The van der Waals surface area contributed by atoms with Crippen molar-refractivity contribution in [1.82, 2.24) is 5.32 Å². The number of piperidine rings is 1. The molecule has 0 aromatic heterocycles. The second-order valence-electron chi connectivity index (χ2n) is 5.66. The van der Waals surface area contributed by atoms with E-state index in [1.54, 1.807) is 27.7 Å². The summed E-state index contributed by atoms with van der Waals surface area (Å²) in [6.45, 7) is 8.45. The summed E-state index contributed by atoms with van der Waals surface area (Å²) >= 11 is 0. The van der Waals surface area contributed by atoms with Crippen LogP contribution >= 0.6 is 0 Å². The van der Waals surface area contributed by atoms with Gasteiger partial charge in [0.15, 0.2) is 6.10 Å². The van der Waals surface area contributed by atoms with Crippen LogP contribution in [0.15, 0.2) is 0 Å². The lowest BCUT2D eigenvalue weighted by Gasteiger charge is -2.25. The molecule has 0 aromatic carbocycles. The SMILES string of the molecule is C[C@H](OC(=O)C1CCCNC1)C(=O)OC(C)(C)C. The second-order valence-corrected chi connectivity index (χ2v) is 5.66. The molecule has 0 aromatic rings. The summed E-state index contributed by atoms with van der Waals surface area (Å²) in [5.41, 5.74) is -0.565. The van der Waals surface area contributed by atoms with Gasteiger partial charge >= 0.3 is 11.9 Å². The topological polar surface area (TPSA) is 64.6 Å². The van der Waals surface area contributed by atoms with Gasteiger partial charge in [0.05, 0.1) is 5.92 Å². The Morgan fingerprint density at radius 2 is 2.00 bits per heavy atom. The summed E-state index contributed by atoms with van der Waals surface area (Å²) in [4.78, 5) is 23.5. The predicted octanol–water partition coefficient (Wildman–Crippen LogP) is 1.26. The highest BCUT2D eigenvalue weighted by Gasteiger charge is 2.28. The van der Waals surface area contributed by atoms with Crippen LogP contribution in [0.3, 0.4) is 0 Å². The van der Waals surface area contributed by atoms with E-state index in [1.165, 1.54) is 0 Å². The molecule has 1 unspecified atom stereocenters. The van der Waals surface area contributed by atoms with Crippen LogP contribution in [-0.4, -0.2) is 36.7 Å². The average Bonchev–Trinajstić information content (AvgIpc) is 2.27. The van der Waals surface area contributed by atoms with Crippen LogP contribution < -0.4 is 5.32 Å². The third-order valence-electron chi connectivity index (χ3n) is 2.66. The Hall–Kier alpha value is -1.10. The summed E-state index contributed by atoms with van der Waals surface area (Å²) in [6.07, 6.45) is 0.923. The van der Waals surface area contributed by atoms with Gasteiger partial charge in [0.25, 0.3) is 0 Å². The first-order chi connectivity index (χ1) is 8.29.